The van der Waals surface area contributed by atoms with Gasteiger partial charge in [0.1, 0.15) is 0 Å². The van der Waals surface area contributed by atoms with Crippen molar-refractivity contribution in [1.82, 2.24) is 0 Å². The van der Waals surface area contributed by atoms with Crippen LogP contribution in [0.15, 0.2) is 18.2 Å². The Morgan fingerprint density at radius 3 is 2.33 bits per heavy atom. The second-order valence-corrected chi connectivity index (χ2v) is 5.42. The molecule has 1 atom stereocenters. The largest absolute Gasteiger partial charge is 0.396 e. The molecule has 0 aliphatic heterocycles. The Morgan fingerprint density at radius 2 is 1.87 bits per heavy atom. The zero-order valence-electron chi connectivity index (χ0n) is 10.5. The maximum absolute atomic E-state index is 9.27. The molecule has 0 aliphatic carbocycles. The molecule has 1 aromatic carbocycles. The van der Waals surface area contributed by atoms with E-state index in [1.165, 1.54) is 16.7 Å². The number of rotatable bonds is 2. The van der Waals surface area contributed by atoms with Gasteiger partial charge in [0, 0.05) is 12.5 Å². The molecular weight excluding hydrogens is 184 g/mol. The number of aliphatic hydroxyl groups is 1. The molecule has 0 saturated heterocycles. The fourth-order valence-corrected chi connectivity index (χ4v) is 1.87. The van der Waals surface area contributed by atoms with E-state index in [1.807, 2.05) is 0 Å². The van der Waals surface area contributed by atoms with E-state index in [-0.39, 0.29) is 17.9 Å². The third-order valence-corrected chi connectivity index (χ3v) is 2.82. The van der Waals surface area contributed by atoms with E-state index in [1.54, 1.807) is 0 Å². The van der Waals surface area contributed by atoms with Crippen molar-refractivity contribution in [1.29, 1.82) is 0 Å². The van der Waals surface area contributed by atoms with E-state index >= 15 is 0 Å². The molecule has 1 N–H and O–H groups in total. The highest BCUT2D eigenvalue weighted by molar-refractivity contribution is 5.38. The fraction of sp³-hybridized carbons (Fsp3) is 0.571. The van der Waals surface area contributed by atoms with Crippen molar-refractivity contribution in [3.05, 3.63) is 34.9 Å². The van der Waals surface area contributed by atoms with Gasteiger partial charge in [-0.2, -0.15) is 0 Å². The summed E-state index contributed by atoms with van der Waals surface area (Å²) < 4.78 is 0. The van der Waals surface area contributed by atoms with Gasteiger partial charge < -0.3 is 5.11 Å². The third kappa shape index (κ3) is 2.82. The molecule has 1 nitrogen and oxygen atoms in total. The Hall–Kier alpha value is -0.820. The maximum atomic E-state index is 9.27. The summed E-state index contributed by atoms with van der Waals surface area (Å²) in [6, 6.07) is 6.53. The summed E-state index contributed by atoms with van der Waals surface area (Å²) in [5.41, 5.74) is 4.03. The van der Waals surface area contributed by atoms with Gasteiger partial charge in [-0.15, -0.1) is 0 Å². The minimum absolute atomic E-state index is 0.145. The molecule has 0 spiro atoms. The zero-order chi connectivity index (χ0) is 11.6. The van der Waals surface area contributed by atoms with Crippen molar-refractivity contribution >= 4 is 0 Å². The van der Waals surface area contributed by atoms with Gasteiger partial charge in [0.05, 0.1) is 0 Å². The molecular formula is C14H22O. The zero-order valence-corrected chi connectivity index (χ0v) is 10.5. The molecule has 0 saturated carbocycles. The highest BCUT2D eigenvalue weighted by Crippen LogP contribution is 2.31. The van der Waals surface area contributed by atoms with E-state index in [2.05, 4.69) is 52.8 Å². The van der Waals surface area contributed by atoms with Crippen LogP contribution in [0.2, 0.25) is 0 Å². The first-order valence-corrected chi connectivity index (χ1v) is 5.58. The molecule has 0 aromatic heterocycles. The molecule has 1 rings (SSSR count). The number of benzene rings is 1. The number of hydrogen-bond acceptors (Lipinski definition) is 1. The molecule has 0 heterocycles. The standard InChI is InChI=1S/C14H22O/c1-10-6-7-13(14(3,4)5)12(8-10)11(2)9-15/h6-8,11,15H,9H2,1-5H3. The average molecular weight is 206 g/mol. The Kier molecular flexibility index (Phi) is 3.56. The second-order valence-electron chi connectivity index (χ2n) is 5.42. The third-order valence-electron chi connectivity index (χ3n) is 2.82. The van der Waals surface area contributed by atoms with Crippen LogP contribution >= 0.6 is 0 Å². The predicted molar refractivity (Wildman–Crippen MR) is 65.4 cm³/mol. The van der Waals surface area contributed by atoms with Gasteiger partial charge in [-0.1, -0.05) is 51.5 Å². The van der Waals surface area contributed by atoms with Gasteiger partial charge in [-0.25, -0.2) is 0 Å². The molecule has 1 unspecified atom stereocenters. The van der Waals surface area contributed by atoms with Crippen molar-refractivity contribution in [2.45, 2.75) is 46.0 Å². The minimum Gasteiger partial charge on any atom is -0.396 e. The lowest BCUT2D eigenvalue weighted by Crippen LogP contribution is -2.16. The lowest BCUT2D eigenvalue weighted by molar-refractivity contribution is 0.272. The summed E-state index contributed by atoms with van der Waals surface area (Å²) in [5, 5.41) is 9.27. The quantitative estimate of drug-likeness (QED) is 0.786. The first-order chi connectivity index (χ1) is 6.86. The van der Waals surface area contributed by atoms with Gasteiger partial charge >= 0.3 is 0 Å². The monoisotopic (exact) mass is 206 g/mol. The summed E-state index contributed by atoms with van der Waals surface area (Å²) in [6.07, 6.45) is 0. The molecule has 15 heavy (non-hydrogen) atoms. The summed E-state index contributed by atoms with van der Waals surface area (Å²) in [6.45, 7) is 11.0. The van der Waals surface area contributed by atoms with Gasteiger partial charge in [0.15, 0.2) is 0 Å². The minimum atomic E-state index is 0.145. The van der Waals surface area contributed by atoms with E-state index in [0.29, 0.717) is 0 Å². The highest BCUT2D eigenvalue weighted by Gasteiger charge is 2.20. The van der Waals surface area contributed by atoms with Crippen LogP contribution in [0.25, 0.3) is 0 Å². The Morgan fingerprint density at radius 1 is 1.27 bits per heavy atom. The van der Waals surface area contributed by atoms with Gasteiger partial charge in [-0.05, 0) is 23.5 Å². The number of hydrogen-bond donors (Lipinski definition) is 1. The van der Waals surface area contributed by atoms with Crippen molar-refractivity contribution in [3.8, 4) is 0 Å². The van der Waals surface area contributed by atoms with Crippen molar-refractivity contribution in [2.24, 2.45) is 0 Å². The first kappa shape index (κ1) is 12.3. The molecule has 0 radical (unpaired) electrons. The number of aliphatic hydroxyl groups excluding tert-OH is 1. The van der Waals surface area contributed by atoms with Gasteiger partial charge in [0.25, 0.3) is 0 Å². The Balaban J connectivity index is 3.27. The van der Waals surface area contributed by atoms with Crippen LogP contribution in [0.3, 0.4) is 0 Å². The molecule has 0 bridgehead atoms. The SMILES string of the molecule is Cc1ccc(C(C)(C)C)c(C(C)CO)c1. The van der Waals surface area contributed by atoms with Gasteiger partial charge in [-0.3, -0.25) is 0 Å². The topological polar surface area (TPSA) is 20.2 Å². The summed E-state index contributed by atoms with van der Waals surface area (Å²) >= 11 is 0. The molecule has 1 aromatic rings. The maximum Gasteiger partial charge on any atom is 0.0497 e. The van der Waals surface area contributed by atoms with Gasteiger partial charge in [0.2, 0.25) is 0 Å². The normalized spacial score (nSPS) is 14.0. The molecule has 84 valence electrons. The number of aryl methyl sites for hydroxylation is 1. The van der Waals surface area contributed by atoms with E-state index in [4.69, 9.17) is 0 Å². The van der Waals surface area contributed by atoms with Crippen LogP contribution in [0.4, 0.5) is 0 Å². The van der Waals surface area contributed by atoms with Crippen LogP contribution in [0.1, 0.15) is 50.3 Å². The Bertz CT molecular complexity index is 334. The van der Waals surface area contributed by atoms with Crippen LogP contribution in [0, 0.1) is 6.92 Å². The van der Waals surface area contributed by atoms with Crippen molar-refractivity contribution in [3.63, 3.8) is 0 Å². The summed E-state index contributed by atoms with van der Waals surface area (Å²) in [4.78, 5) is 0. The highest BCUT2D eigenvalue weighted by atomic mass is 16.3. The molecule has 1 heteroatoms. The van der Waals surface area contributed by atoms with Crippen LogP contribution in [-0.2, 0) is 5.41 Å². The average Bonchev–Trinajstić information content (AvgIpc) is 2.14. The van der Waals surface area contributed by atoms with E-state index in [0.717, 1.165) is 0 Å². The van der Waals surface area contributed by atoms with Crippen molar-refractivity contribution < 1.29 is 5.11 Å². The van der Waals surface area contributed by atoms with Crippen LogP contribution in [0.5, 0.6) is 0 Å². The van der Waals surface area contributed by atoms with Crippen LogP contribution < -0.4 is 0 Å². The molecule has 0 aliphatic rings. The Labute approximate surface area is 93.1 Å². The van der Waals surface area contributed by atoms with Crippen LogP contribution in [-0.4, -0.2) is 11.7 Å². The second kappa shape index (κ2) is 4.36. The lowest BCUT2D eigenvalue weighted by Gasteiger charge is -2.25. The summed E-state index contributed by atoms with van der Waals surface area (Å²) in [7, 11) is 0. The summed E-state index contributed by atoms with van der Waals surface area (Å²) in [5.74, 6) is 0.221. The fourth-order valence-electron chi connectivity index (χ4n) is 1.87. The van der Waals surface area contributed by atoms with Crippen molar-refractivity contribution in [2.75, 3.05) is 6.61 Å². The molecule has 0 amide bonds. The lowest BCUT2D eigenvalue weighted by atomic mass is 9.80. The predicted octanol–water partition coefficient (Wildman–Crippen LogP) is 3.39. The van der Waals surface area contributed by atoms with E-state index < -0.39 is 0 Å². The smallest absolute Gasteiger partial charge is 0.0497 e. The van der Waals surface area contributed by atoms with E-state index in [9.17, 15) is 5.11 Å². The first-order valence-electron chi connectivity index (χ1n) is 5.58. The molecule has 0 fully saturated rings.